The van der Waals surface area contributed by atoms with Gasteiger partial charge < -0.3 is 15.1 Å². The number of piperazine rings is 1. The van der Waals surface area contributed by atoms with Crippen LogP contribution in [-0.2, 0) is 6.42 Å². The standard InChI is InChI=1S/C22H24N6O/c1-2-17-4-6-18(7-5-17)26-19-8-9-20(25-16-19)21(29)27-12-14-28(15-13-27)22-23-10-3-11-24-22/h3-11,16,26H,2,12-15H2,1H3. The highest BCUT2D eigenvalue weighted by molar-refractivity contribution is 5.92. The molecule has 2 aromatic heterocycles. The van der Waals surface area contributed by atoms with Crippen LogP contribution in [0, 0.1) is 0 Å². The normalized spacial score (nSPS) is 14.0. The van der Waals surface area contributed by atoms with E-state index in [4.69, 9.17) is 0 Å². The third-order valence-corrected chi connectivity index (χ3v) is 5.04. The molecule has 0 spiro atoms. The maximum absolute atomic E-state index is 12.8. The summed E-state index contributed by atoms with van der Waals surface area (Å²) in [6.45, 7) is 4.81. The first-order chi connectivity index (χ1) is 14.2. The summed E-state index contributed by atoms with van der Waals surface area (Å²) in [5.41, 5.74) is 3.62. The maximum Gasteiger partial charge on any atom is 0.272 e. The van der Waals surface area contributed by atoms with Crippen LogP contribution in [-0.4, -0.2) is 51.9 Å². The number of anilines is 3. The highest BCUT2D eigenvalue weighted by Crippen LogP contribution is 2.18. The molecule has 7 heteroatoms. The van der Waals surface area contributed by atoms with Gasteiger partial charge >= 0.3 is 0 Å². The molecule has 29 heavy (non-hydrogen) atoms. The number of benzene rings is 1. The molecule has 0 bridgehead atoms. The molecule has 0 atom stereocenters. The van der Waals surface area contributed by atoms with Gasteiger partial charge in [-0.3, -0.25) is 4.79 Å². The summed E-state index contributed by atoms with van der Waals surface area (Å²) < 4.78 is 0. The van der Waals surface area contributed by atoms with Gasteiger partial charge in [-0.2, -0.15) is 0 Å². The molecular weight excluding hydrogens is 364 g/mol. The Kier molecular flexibility index (Phi) is 5.65. The van der Waals surface area contributed by atoms with Crippen LogP contribution in [0.5, 0.6) is 0 Å². The maximum atomic E-state index is 12.8. The van der Waals surface area contributed by atoms with E-state index < -0.39 is 0 Å². The Morgan fingerprint density at radius 1 is 0.931 bits per heavy atom. The molecule has 1 N–H and O–H groups in total. The van der Waals surface area contributed by atoms with Crippen LogP contribution in [0.15, 0.2) is 61.1 Å². The zero-order valence-electron chi connectivity index (χ0n) is 16.5. The third-order valence-electron chi connectivity index (χ3n) is 5.04. The van der Waals surface area contributed by atoms with Gasteiger partial charge in [0.15, 0.2) is 0 Å². The van der Waals surface area contributed by atoms with Gasteiger partial charge in [-0.15, -0.1) is 0 Å². The van der Waals surface area contributed by atoms with Crippen LogP contribution in [0.1, 0.15) is 23.0 Å². The van der Waals surface area contributed by atoms with Crippen LogP contribution in [0.3, 0.4) is 0 Å². The minimum atomic E-state index is -0.0440. The Morgan fingerprint density at radius 2 is 1.62 bits per heavy atom. The number of carbonyl (C=O) groups is 1. The number of hydrogen-bond acceptors (Lipinski definition) is 6. The van der Waals surface area contributed by atoms with Crippen LogP contribution < -0.4 is 10.2 Å². The number of nitrogens with one attached hydrogen (secondary N) is 1. The fraction of sp³-hybridized carbons (Fsp3) is 0.273. The van der Waals surface area contributed by atoms with E-state index in [0.717, 1.165) is 17.8 Å². The highest BCUT2D eigenvalue weighted by atomic mass is 16.2. The zero-order valence-corrected chi connectivity index (χ0v) is 16.5. The molecule has 0 radical (unpaired) electrons. The van der Waals surface area contributed by atoms with E-state index in [1.165, 1.54) is 5.56 Å². The van der Waals surface area contributed by atoms with Crippen molar-refractivity contribution in [3.05, 3.63) is 72.3 Å². The van der Waals surface area contributed by atoms with Gasteiger partial charge in [0, 0.05) is 44.3 Å². The third kappa shape index (κ3) is 4.51. The number of amides is 1. The van der Waals surface area contributed by atoms with Crippen molar-refractivity contribution in [3.63, 3.8) is 0 Å². The first-order valence-electron chi connectivity index (χ1n) is 9.86. The summed E-state index contributed by atoms with van der Waals surface area (Å²) in [7, 11) is 0. The second kappa shape index (κ2) is 8.68. The number of rotatable bonds is 5. The van der Waals surface area contributed by atoms with E-state index in [1.54, 1.807) is 30.7 Å². The Balaban J connectivity index is 1.34. The number of aromatic nitrogens is 3. The number of hydrogen-bond donors (Lipinski definition) is 1. The molecule has 4 rings (SSSR count). The molecule has 0 saturated carbocycles. The molecule has 1 amide bonds. The summed E-state index contributed by atoms with van der Waals surface area (Å²) in [6.07, 6.45) is 6.19. The first-order valence-corrected chi connectivity index (χ1v) is 9.86. The lowest BCUT2D eigenvalue weighted by atomic mass is 10.1. The lowest BCUT2D eigenvalue weighted by Crippen LogP contribution is -2.49. The van der Waals surface area contributed by atoms with Crippen molar-refractivity contribution in [2.75, 3.05) is 36.4 Å². The Bertz CT molecular complexity index is 935. The number of pyridine rings is 1. The van der Waals surface area contributed by atoms with Gasteiger partial charge in [0.25, 0.3) is 5.91 Å². The van der Waals surface area contributed by atoms with E-state index in [-0.39, 0.29) is 5.91 Å². The zero-order chi connectivity index (χ0) is 20.1. The average molecular weight is 388 g/mol. The van der Waals surface area contributed by atoms with E-state index in [2.05, 4.69) is 44.2 Å². The van der Waals surface area contributed by atoms with Gasteiger partial charge in [-0.1, -0.05) is 19.1 Å². The summed E-state index contributed by atoms with van der Waals surface area (Å²) in [5.74, 6) is 0.664. The fourth-order valence-corrected chi connectivity index (χ4v) is 3.31. The fourth-order valence-electron chi connectivity index (χ4n) is 3.31. The molecule has 0 unspecified atom stereocenters. The van der Waals surface area contributed by atoms with Crippen molar-refractivity contribution in [2.24, 2.45) is 0 Å². The van der Waals surface area contributed by atoms with Gasteiger partial charge in [-0.05, 0) is 42.3 Å². The average Bonchev–Trinajstić information content (AvgIpc) is 2.80. The lowest BCUT2D eigenvalue weighted by Gasteiger charge is -2.34. The smallest absolute Gasteiger partial charge is 0.272 e. The molecular formula is C22H24N6O. The molecule has 1 saturated heterocycles. The van der Waals surface area contributed by atoms with Crippen LogP contribution in [0.25, 0.3) is 0 Å². The van der Waals surface area contributed by atoms with Crippen LogP contribution in [0.4, 0.5) is 17.3 Å². The van der Waals surface area contributed by atoms with Gasteiger partial charge in [0.1, 0.15) is 5.69 Å². The Labute approximate surface area is 170 Å². The molecule has 7 nitrogen and oxygen atoms in total. The molecule has 148 valence electrons. The minimum absolute atomic E-state index is 0.0440. The molecule has 1 aromatic carbocycles. The number of carbonyl (C=O) groups excluding carboxylic acids is 1. The molecule has 1 fully saturated rings. The lowest BCUT2D eigenvalue weighted by molar-refractivity contribution is 0.0740. The molecule has 0 aliphatic carbocycles. The second-order valence-corrected chi connectivity index (χ2v) is 6.94. The summed E-state index contributed by atoms with van der Waals surface area (Å²) in [5, 5.41) is 3.32. The molecule has 3 aromatic rings. The monoisotopic (exact) mass is 388 g/mol. The molecule has 1 aliphatic rings. The topological polar surface area (TPSA) is 74.2 Å². The summed E-state index contributed by atoms with van der Waals surface area (Å²) >= 11 is 0. The predicted octanol–water partition coefficient (Wildman–Crippen LogP) is 3.14. The van der Waals surface area contributed by atoms with E-state index in [0.29, 0.717) is 37.8 Å². The molecule has 1 aliphatic heterocycles. The number of aryl methyl sites for hydroxylation is 1. The van der Waals surface area contributed by atoms with Crippen molar-refractivity contribution >= 4 is 23.2 Å². The van der Waals surface area contributed by atoms with Crippen molar-refractivity contribution in [3.8, 4) is 0 Å². The molecule has 3 heterocycles. The van der Waals surface area contributed by atoms with Crippen molar-refractivity contribution in [2.45, 2.75) is 13.3 Å². The van der Waals surface area contributed by atoms with E-state index in [1.807, 2.05) is 23.1 Å². The van der Waals surface area contributed by atoms with E-state index >= 15 is 0 Å². The van der Waals surface area contributed by atoms with Gasteiger partial charge in [0.05, 0.1) is 11.9 Å². The Morgan fingerprint density at radius 3 is 2.24 bits per heavy atom. The Hall–Kier alpha value is -3.48. The van der Waals surface area contributed by atoms with Gasteiger partial charge in [-0.25, -0.2) is 15.0 Å². The minimum Gasteiger partial charge on any atom is -0.354 e. The number of nitrogens with zero attached hydrogens (tertiary/aromatic N) is 5. The van der Waals surface area contributed by atoms with Crippen LogP contribution in [0.2, 0.25) is 0 Å². The van der Waals surface area contributed by atoms with Crippen molar-refractivity contribution in [1.29, 1.82) is 0 Å². The summed E-state index contributed by atoms with van der Waals surface area (Å²) in [4.78, 5) is 29.6. The summed E-state index contributed by atoms with van der Waals surface area (Å²) in [6, 6.07) is 13.8. The van der Waals surface area contributed by atoms with Crippen molar-refractivity contribution < 1.29 is 4.79 Å². The predicted molar refractivity (Wildman–Crippen MR) is 113 cm³/mol. The first kappa shape index (κ1) is 18.9. The highest BCUT2D eigenvalue weighted by Gasteiger charge is 2.24. The van der Waals surface area contributed by atoms with Crippen molar-refractivity contribution in [1.82, 2.24) is 19.9 Å². The second-order valence-electron chi connectivity index (χ2n) is 6.94. The largest absolute Gasteiger partial charge is 0.354 e. The van der Waals surface area contributed by atoms with Crippen LogP contribution >= 0.6 is 0 Å². The van der Waals surface area contributed by atoms with E-state index in [9.17, 15) is 4.79 Å². The SMILES string of the molecule is CCc1ccc(Nc2ccc(C(=O)N3CCN(c4ncccn4)CC3)nc2)cc1. The van der Waals surface area contributed by atoms with Gasteiger partial charge in [0.2, 0.25) is 5.95 Å². The quantitative estimate of drug-likeness (QED) is 0.724.